The van der Waals surface area contributed by atoms with E-state index in [2.05, 4.69) is 21.0 Å². The number of nitrogens with one attached hydrogen (secondary N) is 3. The summed E-state index contributed by atoms with van der Waals surface area (Å²) in [5, 5.41) is 7.91. The molecule has 4 amide bonds. The minimum absolute atomic E-state index is 0.0199. The van der Waals surface area contributed by atoms with Crippen LogP contribution in [0.15, 0.2) is 79.1 Å². The van der Waals surface area contributed by atoms with Crippen molar-refractivity contribution in [3.05, 3.63) is 84.1 Å². The maximum absolute atomic E-state index is 13.9. The lowest BCUT2D eigenvalue weighted by Crippen LogP contribution is -2.57. The number of halogens is 1. The SMILES string of the molecule is O=C(Nc1ccc(Cl)cc1)NN(C(=O)N(c1ccncc1)C1CCNCC1)c1ccccc1. The molecule has 3 N–H and O–H groups in total. The standard InChI is InChI=1S/C24H25ClN6O2/c25-18-6-8-19(9-7-18)28-23(32)29-31(22-4-2-1-3-5-22)24(33)30(20-10-14-26-15-11-20)21-12-16-27-17-13-21/h1-11,14-15,21,27H,12-13,16-17H2,(H2,28,29,32). The second-order valence-corrected chi connectivity index (χ2v) is 8.02. The molecule has 2 aromatic carbocycles. The zero-order valence-electron chi connectivity index (χ0n) is 17.9. The first kappa shape index (κ1) is 22.6. The average molecular weight is 465 g/mol. The number of rotatable bonds is 4. The number of para-hydroxylation sites is 1. The Balaban J connectivity index is 1.62. The molecule has 0 atom stereocenters. The van der Waals surface area contributed by atoms with Gasteiger partial charge in [0.1, 0.15) is 0 Å². The van der Waals surface area contributed by atoms with E-state index in [0.29, 0.717) is 16.4 Å². The number of carbonyl (C=O) groups excluding carboxylic acids is 2. The molecule has 33 heavy (non-hydrogen) atoms. The largest absolute Gasteiger partial charge is 0.348 e. The number of aromatic nitrogens is 1. The summed E-state index contributed by atoms with van der Waals surface area (Å²) in [6.07, 6.45) is 4.91. The summed E-state index contributed by atoms with van der Waals surface area (Å²) in [6.45, 7) is 1.63. The van der Waals surface area contributed by atoms with E-state index < -0.39 is 6.03 Å². The topological polar surface area (TPSA) is 89.6 Å². The number of hydrogen-bond acceptors (Lipinski definition) is 4. The predicted molar refractivity (Wildman–Crippen MR) is 131 cm³/mol. The third-order valence-electron chi connectivity index (χ3n) is 5.34. The van der Waals surface area contributed by atoms with E-state index in [0.717, 1.165) is 31.6 Å². The summed E-state index contributed by atoms with van der Waals surface area (Å²) >= 11 is 5.93. The van der Waals surface area contributed by atoms with E-state index >= 15 is 0 Å². The fourth-order valence-corrected chi connectivity index (χ4v) is 3.87. The summed E-state index contributed by atoms with van der Waals surface area (Å²) in [6, 6.07) is 18.4. The highest BCUT2D eigenvalue weighted by Gasteiger charge is 2.32. The number of anilines is 3. The number of benzene rings is 2. The maximum Gasteiger partial charge on any atom is 0.348 e. The number of nitrogens with zero attached hydrogens (tertiary/aromatic N) is 3. The molecule has 2 heterocycles. The smallest absolute Gasteiger partial charge is 0.317 e. The molecule has 1 fully saturated rings. The second kappa shape index (κ2) is 10.8. The van der Waals surface area contributed by atoms with Crippen molar-refractivity contribution in [2.24, 2.45) is 0 Å². The van der Waals surface area contributed by atoms with E-state index in [1.165, 1.54) is 5.01 Å². The molecule has 4 rings (SSSR count). The van der Waals surface area contributed by atoms with Gasteiger partial charge in [-0.05, 0) is 74.5 Å². The van der Waals surface area contributed by atoms with Gasteiger partial charge in [-0.15, -0.1) is 0 Å². The Morgan fingerprint density at radius 1 is 0.909 bits per heavy atom. The Bertz CT molecular complexity index is 1060. The minimum atomic E-state index is -0.547. The van der Waals surface area contributed by atoms with E-state index in [1.807, 2.05) is 18.2 Å². The van der Waals surface area contributed by atoms with Crippen LogP contribution >= 0.6 is 11.6 Å². The van der Waals surface area contributed by atoms with Crippen molar-refractivity contribution in [1.29, 1.82) is 0 Å². The van der Waals surface area contributed by atoms with Gasteiger partial charge < -0.3 is 10.6 Å². The summed E-state index contributed by atoms with van der Waals surface area (Å²) < 4.78 is 0. The van der Waals surface area contributed by atoms with Gasteiger partial charge in [-0.25, -0.2) is 20.0 Å². The molecule has 0 saturated carbocycles. The van der Waals surface area contributed by atoms with Crippen LogP contribution in [0.5, 0.6) is 0 Å². The van der Waals surface area contributed by atoms with Gasteiger partial charge in [-0.2, -0.15) is 0 Å². The van der Waals surface area contributed by atoms with Gasteiger partial charge in [0.05, 0.1) is 5.69 Å². The molecule has 0 unspecified atom stereocenters. The van der Waals surface area contributed by atoms with E-state index in [9.17, 15) is 9.59 Å². The van der Waals surface area contributed by atoms with Crippen molar-refractivity contribution in [1.82, 2.24) is 15.7 Å². The van der Waals surface area contributed by atoms with Crippen LogP contribution in [0.25, 0.3) is 0 Å². The van der Waals surface area contributed by atoms with Crippen LogP contribution in [-0.2, 0) is 0 Å². The predicted octanol–water partition coefficient (Wildman–Crippen LogP) is 4.66. The quantitative estimate of drug-likeness (QED) is 0.490. The maximum atomic E-state index is 13.9. The highest BCUT2D eigenvalue weighted by molar-refractivity contribution is 6.30. The number of hydrazine groups is 1. The molecule has 3 aromatic rings. The molecule has 0 bridgehead atoms. The molecule has 1 aliphatic heterocycles. The number of urea groups is 2. The lowest BCUT2D eigenvalue weighted by Gasteiger charge is -2.37. The normalized spacial score (nSPS) is 13.7. The van der Waals surface area contributed by atoms with Crippen molar-refractivity contribution < 1.29 is 9.59 Å². The molecule has 0 aliphatic carbocycles. The van der Waals surface area contributed by atoms with Gasteiger partial charge in [0.15, 0.2) is 0 Å². The Labute approximate surface area is 197 Å². The van der Waals surface area contributed by atoms with Crippen LogP contribution < -0.4 is 26.0 Å². The van der Waals surface area contributed by atoms with Crippen LogP contribution in [-0.4, -0.2) is 36.2 Å². The third kappa shape index (κ3) is 5.79. The third-order valence-corrected chi connectivity index (χ3v) is 5.59. The lowest BCUT2D eigenvalue weighted by atomic mass is 10.0. The van der Waals surface area contributed by atoms with Gasteiger partial charge in [0.2, 0.25) is 0 Å². The number of carbonyl (C=O) groups is 2. The van der Waals surface area contributed by atoms with E-state index in [1.54, 1.807) is 65.8 Å². The average Bonchev–Trinajstić information content (AvgIpc) is 2.86. The molecule has 0 spiro atoms. The van der Waals surface area contributed by atoms with Crippen LogP contribution in [0, 0.1) is 0 Å². The van der Waals surface area contributed by atoms with Crippen molar-refractivity contribution >= 4 is 40.7 Å². The Hall–Kier alpha value is -3.62. The van der Waals surface area contributed by atoms with Crippen molar-refractivity contribution in [2.75, 3.05) is 28.3 Å². The van der Waals surface area contributed by atoms with Crippen LogP contribution in [0.3, 0.4) is 0 Å². The first-order chi connectivity index (χ1) is 16.1. The fraction of sp³-hybridized carbons (Fsp3) is 0.208. The Morgan fingerprint density at radius 2 is 1.58 bits per heavy atom. The van der Waals surface area contributed by atoms with Gasteiger partial charge >= 0.3 is 12.1 Å². The summed E-state index contributed by atoms with van der Waals surface area (Å²) in [5.74, 6) is 0. The molecule has 0 radical (unpaired) electrons. The van der Waals surface area contributed by atoms with Gasteiger partial charge in [0, 0.05) is 34.8 Å². The molecule has 8 nitrogen and oxygen atoms in total. The fourth-order valence-electron chi connectivity index (χ4n) is 3.75. The molecular weight excluding hydrogens is 440 g/mol. The van der Waals surface area contributed by atoms with Crippen LogP contribution in [0.4, 0.5) is 26.7 Å². The summed E-state index contributed by atoms with van der Waals surface area (Å²) in [7, 11) is 0. The summed E-state index contributed by atoms with van der Waals surface area (Å²) in [5.41, 5.74) is 4.54. The number of pyridine rings is 1. The highest BCUT2D eigenvalue weighted by Crippen LogP contribution is 2.25. The molecule has 1 saturated heterocycles. The van der Waals surface area contributed by atoms with Crippen molar-refractivity contribution in [3.63, 3.8) is 0 Å². The molecule has 9 heteroatoms. The number of amides is 4. The van der Waals surface area contributed by atoms with E-state index in [-0.39, 0.29) is 12.1 Å². The van der Waals surface area contributed by atoms with Crippen LogP contribution in [0.2, 0.25) is 5.02 Å². The monoisotopic (exact) mass is 464 g/mol. The Morgan fingerprint density at radius 3 is 2.24 bits per heavy atom. The first-order valence-corrected chi connectivity index (χ1v) is 11.1. The Kier molecular flexibility index (Phi) is 7.39. The summed E-state index contributed by atoms with van der Waals surface area (Å²) in [4.78, 5) is 32.6. The molecule has 170 valence electrons. The highest BCUT2D eigenvalue weighted by atomic mass is 35.5. The van der Waals surface area contributed by atoms with Gasteiger partial charge in [0.25, 0.3) is 0 Å². The molecule has 1 aromatic heterocycles. The van der Waals surface area contributed by atoms with Crippen LogP contribution in [0.1, 0.15) is 12.8 Å². The molecule has 1 aliphatic rings. The lowest BCUT2D eigenvalue weighted by molar-refractivity contribution is 0.237. The second-order valence-electron chi connectivity index (χ2n) is 7.58. The van der Waals surface area contributed by atoms with Crippen molar-refractivity contribution in [2.45, 2.75) is 18.9 Å². The minimum Gasteiger partial charge on any atom is -0.317 e. The zero-order valence-corrected chi connectivity index (χ0v) is 18.7. The first-order valence-electron chi connectivity index (χ1n) is 10.7. The van der Waals surface area contributed by atoms with E-state index in [4.69, 9.17) is 11.6 Å². The zero-order chi connectivity index (χ0) is 23.0. The van der Waals surface area contributed by atoms with Gasteiger partial charge in [-0.1, -0.05) is 29.8 Å². The number of piperidine rings is 1. The number of hydrogen-bond donors (Lipinski definition) is 3. The molecular formula is C24H25ClN6O2. The van der Waals surface area contributed by atoms with Crippen molar-refractivity contribution in [3.8, 4) is 0 Å². The van der Waals surface area contributed by atoms with Gasteiger partial charge in [-0.3, -0.25) is 9.88 Å².